The van der Waals surface area contributed by atoms with Crippen LogP contribution in [0.25, 0.3) is 0 Å². The molecule has 0 unspecified atom stereocenters. The van der Waals surface area contributed by atoms with Crippen LogP contribution in [-0.4, -0.2) is 92.5 Å². The normalized spacial score (nSPS) is 36.9. The minimum Gasteiger partial charge on any atom is -0.480 e. The van der Waals surface area contributed by atoms with E-state index in [0.29, 0.717) is 38.6 Å². The van der Waals surface area contributed by atoms with Crippen LogP contribution in [0.3, 0.4) is 0 Å². The zero-order valence-corrected chi connectivity index (χ0v) is 28.0. The number of esters is 1. The molecule has 47 heavy (non-hydrogen) atoms. The van der Waals surface area contributed by atoms with Gasteiger partial charge in [-0.1, -0.05) is 33.3 Å². The number of hydrogen-bond acceptors (Lipinski definition) is 9. The fraction of sp³-hybridized carbons (Fsp3) is 0.771. The molecule has 0 aromatic rings. The number of hydrogen-bond donors (Lipinski definition) is 4. The van der Waals surface area contributed by atoms with E-state index in [9.17, 15) is 44.1 Å². The van der Waals surface area contributed by atoms with Crippen LogP contribution in [0.15, 0.2) is 11.6 Å². The Morgan fingerprint density at radius 1 is 1.06 bits per heavy atom. The zero-order chi connectivity index (χ0) is 34.5. The van der Waals surface area contributed by atoms with Crippen LogP contribution in [0.1, 0.15) is 98.3 Å². The van der Waals surface area contributed by atoms with E-state index in [2.05, 4.69) is 12.2 Å². The van der Waals surface area contributed by atoms with Gasteiger partial charge in [-0.2, -0.15) is 0 Å². The van der Waals surface area contributed by atoms with Crippen LogP contribution in [0.5, 0.6) is 0 Å². The summed E-state index contributed by atoms with van der Waals surface area (Å²) in [5.74, 6) is -3.75. The molecule has 2 amide bonds. The maximum absolute atomic E-state index is 13.5. The van der Waals surface area contributed by atoms with Gasteiger partial charge in [0.2, 0.25) is 17.6 Å². The summed E-state index contributed by atoms with van der Waals surface area (Å²) >= 11 is 0. The number of allylic oxidation sites excluding steroid dienone is 1. The number of Topliss-reactive ketones (excluding diaryl/α,β-unsaturated/α-hetero) is 1. The van der Waals surface area contributed by atoms with Crippen LogP contribution in [0.2, 0.25) is 0 Å². The molecule has 0 bridgehead atoms. The molecule has 4 N–H and O–H groups in total. The van der Waals surface area contributed by atoms with Crippen molar-refractivity contribution in [2.75, 3.05) is 13.2 Å². The third kappa shape index (κ3) is 6.16. The number of carbonyl (C=O) groups is 6. The van der Waals surface area contributed by atoms with Gasteiger partial charge < -0.3 is 30.3 Å². The Bertz CT molecular complexity index is 1360. The minimum absolute atomic E-state index is 0.0109. The van der Waals surface area contributed by atoms with Gasteiger partial charge in [0, 0.05) is 24.8 Å². The molecule has 0 aromatic carbocycles. The van der Waals surface area contributed by atoms with Gasteiger partial charge in [0.1, 0.15) is 17.7 Å². The summed E-state index contributed by atoms with van der Waals surface area (Å²) < 4.78 is 5.24. The second-order valence-corrected chi connectivity index (χ2v) is 15.4. The van der Waals surface area contributed by atoms with Crippen LogP contribution < -0.4 is 5.32 Å². The maximum Gasteiger partial charge on any atom is 0.326 e. The molecule has 1 heterocycles. The molecule has 4 fully saturated rings. The number of fused-ring (bicyclic) bond motifs is 5. The number of rotatable bonds is 10. The van der Waals surface area contributed by atoms with E-state index in [1.165, 1.54) is 4.90 Å². The summed E-state index contributed by atoms with van der Waals surface area (Å²) in [6.07, 6.45) is 4.97. The number of likely N-dealkylation sites (tertiary alicyclic amines) is 1. The highest BCUT2D eigenvalue weighted by Crippen LogP contribution is 2.67. The van der Waals surface area contributed by atoms with Crippen molar-refractivity contribution >= 4 is 35.3 Å². The molecule has 1 saturated heterocycles. The quantitative estimate of drug-likeness (QED) is 0.254. The number of ketones is 2. The minimum atomic E-state index is -1.78. The molecule has 260 valence electrons. The van der Waals surface area contributed by atoms with Crippen molar-refractivity contribution in [3.8, 4) is 0 Å². The Kier molecular flexibility index (Phi) is 9.78. The van der Waals surface area contributed by atoms with E-state index in [0.717, 1.165) is 18.4 Å². The molecule has 0 radical (unpaired) electrons. The Labute approximate surface area is 275 Å². The Hall–Kier alpha value is -3.12. The first kappa shape index (κ1) is 35.2. The number of aliphatic carboxylic acids is 1. The number of nitrogens with one attached hydrogen (secondary N) is 1. The largest absolute Gasteiger partial charge is 0.480 e. The molecular weight excluding hydrogens is 608 g/mol. The number of carboxylic acids is 1. The number of carboxylic acid groups (broad SMARTS) is 1. The smallest absolute Gasteiger partial charge is 0.326 e. The average molecular weight is 659 g/mol. The van der Waals surface area contributed by atoms with E-state index in [1.54, 1.807) is 19.9 Å². The van der Waals surface area contributed by atoms with E-state index in [-0.39, 0.29) is 60.6 Å². The lowest BCUT2D eigenvalue weighted by molar-refractivity contribution is -0.184. The highest BCUT2D eigenvalue weighted by Gasteiger charge is 2.68. The Balaban J connectivity index is 1.15. The fourth-order valence-corrected chi connectivity index (χ4v) is 9.93. The van der Waals surface area contributed by atoms with Crippen molar-refractivity contribution in [3.63, 3.8) is 0 Å². The van der Waals surface area contributed by atoms with E-state index in [4.69, 9.17) is 4.74 Å². The topological polar surface area (TPSA) is 188 Å². The molecule has 5 rings (SSSR count). The fourth-order valence-electron chi connectivity index (χ4n) is 9.93. The molecule has 0 spiro atoms. The molecule has 1 aliphatic heterocycles. The molecule has 3 saturated carbocycles. The first-order valence-corrected chi connectivity index (χ1v) is 17.2. The van der Waals surface area contributed by atoms with Gasteiger partial charge in [0.05, 0.1) is 12.5 Å². The van der Waals surface area contributed by atoms with Crippen molar-refractivity contribution in [2.24, 2.45) is 34.5 Å². The third-order valence-corrected chi connectivity index (χ3v) is 12.5. The van der Waals surface area contributed by atoms with Gasteiger partial charge in [-0.15, -0.1) is 0 Å². The summed E-state index contributed by atoms with van der Waals surface area (Å²) in [6, 6.07) is -1.88. The van der Waals surface area contributed by atoms with E-state index >= 15 is 0 Å². The predicted octanol–water partition coefficient (Wildman–Crippen LogP) is 2.33. The highest BCUT2D eigenvalue weighted by molar-refractivity contribution is 5.93. The van der Waals surface area contributed by atoms with Gasteiger partial charge >= 0.3 is 11.9 Å². The zero-order valence-electron chi connectivity index (χ0n) is 28.0. The summed E-state index contributed by atoms with van der Waals surface area (Å²) in [5, 5.41) is 35.5. The van der Waals surface area contributed by atoms with E-state index < -0.39 is 65.3 Å². The number of nitrogens with zero attached hydrogens (tertiary/aromatic N) is 1. The van der Waals surface area contributed by atoms with Crippen molar-refractivity contribution in [2.45, 2.75) is 122 Å². The molecule has 0 aromatic heterocycles. The van der Waals surface area contributed by atoms with Crippen LogP contribution in [0.4, 0.5) is 0 Å². The summed E-state index contributed by atoms with van der Waals surface area (Å²) in [4.78, 5) is 76.9. The summed E-state index contributed by atoms with van der Waals surface area (Å²) in [6.45, 7) is 7.11. The van der Waals surface area contributed by atoms with Crippen molar-refractivity contribution in [1.29, 1.82) is 0 Å². The van der Waals surface area contributed by atoms with Gasteiger partial charge in [-0.25, -0.2) is 4.79 Å². The van der Waals surface area contributed by atoms with Gasteiger partial charge in [-0.3, -0.25) is 24.0 Å². The monoisotopic (exact) mass is 658 g/mol. The van der Waals surface area contributed by atoms with E-state index in [1.807, 2.05) is 6.92 Å². The number of aliphatic hydroxyl groups is 2. The lowest BCUT2D eigenvalue weighted by Gasteiger charge is -2.60. The Morgan fingerprint density at radius 2 is 1.79 bits per heavy atom. The lowest BCUT2D eigenvalue weighted by atomic mass is 9.45. The molecule has 12 nitrogen and oxygen atoms in total. The Morgan fingerprint density at radius 3 is 2.47 bits per heavy atom. The van der Waals surface area contributed by atoms with Crippen LogP contribution >= 0.6 is 0 Å². The number of carbonyl (C=O) groups excluding carboxylic acids is 5. The summed E-state index contributed by atoms with van der Waals surface area (Å²) in [5.41, 5.74) is -1.88. The van der Waals surface area contributed by atoms with Crippen molar-refractivity contribution < 1.29 is 48.8 Å². The SMILES string of the molecule is CC(C)[C@H](NC(=O)CCC(=O)OCC(=O)[C@@]1(O)CC[C@@H]2[C@@H]3CCC4=CC(=O)CC[C@]4(C)[C@@H]3[C@H](O)C[C@@]21C)C(=O)N1CCC[C@@H]1C(=O)O. The lowest BCUT2D eigenvalue weighted by Crippen LogP contribution is -2.62. The summed E-state index contributed by atoms with van der Waals surface area (Å²) in [7, 11) is 0. The van der Waals surface area contributed by atoms with Gasteiger partial charge in [-0.05, 0) is 86.5 Å². The van der Waals surface area contributed by atoms with Crippen molar-refractivity contribution in [3.05, 3.63) is 11.6 Å². The van der Waals surface area contributed by atoms with Crippen molar-refractivity contribution in [1.82, 2.24) is 10.2 Å². The molecule has 4 aliphatic carbocycles. The van der Waals surface area contributed by atoms with Crippen LogP contribution in [0, 0.1) is 34.5 Å². The van der Waals surface area contributed by atoms with Crippen LogP contribution in [-0.2, 0) is 33.5 Å². The van der Waals surface area contributed by atoms with Gasteiger partial charge in [0.15, 0.2) is 12.4 Å². The second-order valence-electron chi connectivity index (χ2n) is 15.4. The average Bonchev–Trinajstić information content (AvgIpc) is 3.61. The first-order valence-electron chi connectivity index (χ1n) is 17.2. The molecular formula is C35H50N2O10. The van der Waals surface area contributed by atoms with Gasteiger partial charge in [0.25, 0.3) is 0 Å². The molecule has 5 aliphatic rings. The highest BCUT2D eigenvalue weighted by atomic mass is 16.5. The second kappa shape index (κ2) is 13.1. The predicted molar refractivity (Wildman–Crippen MR) is 167 cm³/mol. The number of ether oxygens (including phenoxy) is 1. The standard InChI is InChI=1S/C35H50N2O10/c1-19(2)30(31(43)37-15-5-6-24(37)32(44)45)36-27(41)9-10-28(42)47-18-26(40)35(46)14-12-23-22-8-7-20-16-21(38)11-13-33(20,3)29(22)25(39)17-34(23,35)4/h16,19,22-25,29-30,39,46H,5-15,17-18H2,1-4H3,(H,36,41)(H,44,45)/t22-,23+,24+,25+,29-,30-,33-,34-,35-/m0/s1. The molecule has 12 heteroatoms. The number of amides is 2. The first-order chi connectivity index (χ1) is 22.0. The maximum atomic E-state index is 13.5. The number of aliphatic hydroxyl groups excluding tert-OH is 1. The molecule has 9 atom stereocenters. The third-order valence-electron chi connectivity index (χ3n) is 12.5.